The summed E-state index contributed by atoms with van der Waals surface area (Å²) < 4.78 is 0. The van der Waals surface area contributed by atoms with Gasteiger partial charge in [-0.25, -0.2) is 0 Å². The monoisotopic (exact) mass is 255 g/mol. The number of pyridine rings is 2. The Hall–Kier alpha value is -2.69. The van der Waals surface area contributed by atoms with Crippen LogP contribution in [-0.4, -0.2) is 15.8 Å². The van der Waals surface area contributed by atoms with Crippen LogP contribution in [0.4, 0.5) is 5.69 Å². The molecule has 0 saturated heterocycles. The molecule has 0 amide bonds. The van der Waals surface area contributed by atoms with E-state index >= 15 is 0 Å². The molecule has 2 N–H and O–H groups in total. The van der Waals surface area contributed by atoms with Gasteiger partial charge < -0.3 is 10.3 Å². The predicted molar refractivity (Wildman–Crippen MR) is 73.7 cm³/mol. The zero-order valence-electron chi connectivity index (χ0n) is 10.4. The van der Waals surface area contributed by atoms with Crippen LogP contribution < -0.4 is 10.9 Å². The number of nitrogens with one attached hydrogen (secondary N) is 2. The van der Waals surface area contributed by atoms with E-state index in [4.69, 9.17) is 0 Å². The van der Waals surface area contributed by atoms with Gasteiger partial charge in [-0.3, -0.25) is 14.6 Å². The van der Waals surface area contributed by atoms with Gasteiger partial charge in [0.25, 0.3) is 5.56 Å². The number of allylic oxidation sites excluding steroid dienone is 1. The number of anilines is 1. The number of H-pyrrole nitrogens is 1. The molecule has 2 rings (SSSR count). The minimum atomic E-state index is -0.257. The van der Waals surface area contributed by atoms with Crippen molar-refractivity contribution in [2.75, 3.05) is 5.32 Å². The maximum absolute atomic E-state index is 11.6. The first-order valence-corrected chi connectivity index (χ1v) is 5.74. The standard InChI is InChI=1S/C14H13N3O2/c1-10(18)5-7-16-13-8-11(9-17-14(13)19)12-4-2-3-6-15-12/h2-9,16H,1H3,(H,17,19). The van der Waals surface area contributed by atoms with Crippen LogP contribution in [-0.2, 0) is 4.79 Å². The average Bonchev–Trinajstić information content (AvgIpc) is 2.41. The van der Waals surface area contributed by atoms with E-state index in [2.05, 4.69) is 15.3 Å². The van der Waals surface area contributed by atoms with E-state index in [0.29, 0.717) is 5.69 Å². The number of carbonyl (C=O) groups excluding carboxylic acids is 1. The van der Waals surface area contributed by atoms with Gasteiger partial charge in [-0.2, -0.15) is 0 Å². The molecule has 0 bridgehead atoms. The molecule has 0 spiro atoms. The van der Waals surface area contributed by atoms with Crippen molar-refractivity contribution in [3.05, 3.63) is 59.3 Å². The minimum absolute atomic E-state index is 0.0928. The van der Waals surface area contributed by atoms with E-state index in [0.717, 1.165) is 11.3 Å². The topological polar surface area (TPSA) is 74.8 Å². The van der Waals surface area contributed by atoms with Crippen LogP contribution in [0.2, 0.25) is 0 Å². The molecule has 96 valence electrons. The van der Waals surface area contributed by atoms with Crippen molar-refractivity contribution in [1.29, 1.82) is 0 Å². The Morgan fingerprint density at radius 1 is 1.42 bits per heavy atom. The van der Waals surface area contributed by atoms with Gasteiger partial charge in [0.2, 0.25) is 0 Å². The first-order chi connectivity index (χ1) is 9.16. The van der Waals surface area contributed by atoms with Crippen molar-refractivity contribution in [1.82, 2.24) is 9.97 Å². The number of hydrogen-bond donors (Lipinski definition) is 2. The molecule has 0 atom stereocenters. The third-order valence-corrected chi connectivity index (χ3v) is 2.42. The smallest absolute Gasteiger partial charge is 0.271 e. The van der Waals surface area contributed by atoms with E-state index in [1.807, 2.05) is 18.2 Å². The van der Waals surface area contributed by atoms with Gasteiger partial charge in [0, 0.05) is 24.2 Å². The molecule has 0 saturated carbocycles. The Morgan fingerprint density at radius 2 is 2.26 bits per heavy atom. The SMILES string of the molecule is CC(=O)C=CNc1cc(-c2ccccn2)c[nH]c1=O. The average molecular weight is 255 g/mol. The Balaban J connectivity index is 2.30. The summed E-state index contributed by atoms with van der Waals surface area (Å²) in [5.74, 6) is -0.0928. The van der Waals surface area contributed by atoms with Crippen molar-refractivity contribution >= 4 is 11.5 Å². The Morgan fingerprint density at radius 3 is 2.95 bits per heavy atom. The highest BCUT2D eigenvalue weighted by molar-refractivity contribution is 5.87. The van der Waals surface area contributed by atoms with Crippen LogP contribution in [0.15, 0.2) is 53.7 Å². The maximum atomic E-state index is 11.6. The second kappa shape index (κ2) is 5.77. The molecular formula is C14H13N3O2. The number of ketones is 1. The minimum Gasteiger partial charge on any atom is -0.357 e. The number of aromatic amines is 1. The zero-order chi connectivity index (χ0) is 13.7. The van der Waals surface area contributed by atoms with Crippen LogP contribution in [0.3, 0.4) is 0 Å². The van der Waals surface area contributed by atoms with Gasteiger partial charge in [0.05, 0.1) is 5.69 Å². The number of hydrogen-bond acceptors (Lipinski definition) is 4. The van der Waals surface area contributed by atoms with Crippen LogP contribution in [0.1, 0.15) is 6.92 Å². The molecule has 2 aromatic rings. The van der Waals surface area contributed by atoms with E-state index in [-0.39, 0.29) is 11.3 Å². The molecular weight excluding hydrogens is 242 g/mol. The first kappa shape index (κ1) is 12.8. The lowest BCUT2D eigenvalue weighted by atomic mass is 10.2. The molecule has 2 heterocycles. The molecule has 2 aromatic heterocycles. The lowest BCUT2D eigenvalue weighted by Crippen LogP contribution is -2.10. The van der Waals surface area contributed by atoms with Gasteiger partial charge in [-0.15, -0.1) is 0 Å². The zero-order valence-corrected chi connectivity index (χ0v) is 10.4. The van der Waals surface area contributed by atoms with E-state index < -0.39 is 0 Å². The molecule has 0 fully saturated rings. The third-order valence-electron chi connectivity index (χ3n) is 2.42. The molecule has 0 unspecified atom stereocenters. The molecule has 0 aliphatic rings. The van der Waals surface area contributed by atoms with Crippen molar-refractivity contribution in [2.45, 2.75) is 6.92 Å². The molecule has 0 radical (unpaired) electrons. The van der Waals surface area contributed by atoms with Gasteiger partial charge >= 0.3 is 0 Å². The molecule has 5 nitrogen and oxygen atoms in total. The highest BCUT2D eigenvalue weighted by atomic mass is 16.1. The normalized spacial score (nSPS) is 10.6. The largest absolute Gasteiger partial charge is 0.357 e. The van der Waals surface area contributed by atoms with Crippen LogP contribution in [0.5, 0.6) is 0 Å². The van der Waals surface area contributed by atoms with Gasteiger partial charge in [0.15, 0.2) is 5.78 Å². The van der Waals surface area contributed by atoms with E-state index in [1.165, 1.54) is 19.2 Å². The van der Waals surface area contributed by atoms with Gasteiger partial charge in [-0.1, -0.05) is 6.07 Å². The fourth-order valence-electron chi connectivity index (χ4n) is 1.52. The fourth-order valence-corrected chi connectivity index (χ4v) is 1.52. The summed E-state index contributed by atoms with van der Waals surface area (Å²) in [5, 5.41) is 2.78. The molecule has 0 aromatic carbocycles. The van der Waals surface area contributed by atoms with Crippen molar-refractivity contribution in [2.24, 2.45) is 0 Å². The van der Waals surface area contributed by atoms with Crippen LogP contribution in [0, 0.1) is 0 Å². The highest BCUT2D eigenvalue weighted by Crippen LogP contribution is 2.16. The second-order valence-corrected chi connectivity index (χ2v) is 3.93. The van der Waals surface area contributed by atoms with Gasteiger partial charge in [0.1, 0.15) is 5.69 Å². The molecule has 19 heavy (non-hydrogen) atoms. The van der Waals surface area contributed by atoms with Crippen LogP contribution >= 0.6 is 0 Å². The second-order valence-electron chi connectivity index (χ2n) is 3.93. The quantitative estimate of drug-likeness (QED) is 0.819. The molecule has 0 aliphatic carbocycles. The summed E-state index contributed by atoms with van der Waals surface area (Å²) in [6.45, 7) is 1.44. The first-order valence-electron chi connectivity index (χ1n) is 5.74. The summed E-state index contributed by atoms with van der Waals surface area (Å²) >= 11 is 0. The number of carbonyl (C=O) groups is 1. The predicted octanol–water partition coefficient (Wildman–Crippen LogP) is 1.95. The van der Waals surface area contributed by atoms with Crippen molar-refractivity contribution in [3.63, 3.8) is 0 Å². The van der Waals surface area contributed by atoms with E-state index in [9.17, 15) is 9.59 Å². The number of aromatic nitrogens is 2. The molecule has 0 aliphatic heterocycles. The lowest BCUT2D eigenvalue weighted by molar-refractivity contribution is -0.112. The summed E-state index contributed by atoms with van der Waals surface area (Å²) in [7, 11) is 0. The van der Waals surface area contributed by atoms with E-state index in [1.54, 1.807) is 18.5 Å². The summed E-state index contributed by atoms with van der Waals surface area (Å²) in [4.78, 5) is 29.2. The Kier molecular flexibility index (Phi) is 3.87. The number of nitrogens with zero attached hydrogens (tertiary/aromatic N) is 1. The summed E-state index contributed by atoms with van der Waals surface area (Å²) in [6.07, 6.45) is 6.08. The van der Waals surface area contributed by atoms with Crippen molar-refractivity contribution < 1.29 is 4.79 Å². The highest BCUT2D eigenvalue weighted by Gasteiger charge is 2.03. The Labute approximate surface area is 110 Å². The van der Waals surface area contributed by atoms with Crippen LogP contribution in [0.25, 0.3) is 11.3 Å². The Bertz CT molecular complexity index is 660. The fraction of sp³-hybridized carbons (Fsp3) is 0.0714. The molecule has 5 heteroatoms. The number of rotatable bonds is 4. The summed E-state index contributed by atoms with van der Waals surface area (Å²) in [6, 6.07) is 7.23. The summed E-state index contributed by atoms with van der Waals surface area (Å²) in [5.41, 5.74) is 1.66. The maximum Gasteiger partial charge on any atom is 0.271 e. The van der Waals surface area contributed by atoms with Crippen molar-refractivity contribution in [3.8, 4) is 11.3 Å². The van der Waals surface area contributed by atoms with Gasteiger partial charge in [-0.05, 0) is 31.2 Å². The lowest BCUT2D eigenvalue weighted by Gasteiger charge is -2.03. The third kappa shape index (κ3) is 3.38.